The quantitative estimate of drug-likeness (QED) is 0.0397. The average molecular weight is 625 g/mol. The lowest BCUT2D eigenvalue weighted by molar-refractivity contribution is 0.0497. The topological polar surface area (TPSA) is 105 Å². The fourth-order valence-electron chi connectivity index (χ4n) is 5.20. The van der Waals surface area contributed by atoms with Gasteiger partial charge in [-0.25, -0.2) is 4.79 Å². The minimum Gasteiger partial charge on any atom is -0.494 e. The zero-order chi connectivity index (χ0) is 32.8. The highest BCUT2D eigenvalue weighted by atomic mass is 16.5. The summed E-state index contributed by atoms with van der Waals surface area (Å²) in [4.78, 5) is 24.5. The number of hydrogen-bond acceptors (Lipinski definition) is 6. The van der Waals surface area contributed by atoms with Crippen LogP contribution in [-0.2, 0) is 11.2 Å². The van der Waals surface area contributed by atoms with E-state index in [-0.39, 0.29) is 5.78 Å². The molecular formula is C41H40N2O4. The molecule has 0 spiro atoms. The van der Waals surface area contributed by atoms with E-state index in [1.54, 1.807) is 24.3 Å². The van der Waals surface area contributed by atoms with Gasteiger partial charge in [0.15, 0.2) is 5.78 Å². The molecule has 0 aromatic heterocycles. The number of ether oxygens (including phenoxy) is 2. The second kappa shape index (κ2) is 16.6. The van der Waals surface area contributed by atoms with Crippen molar-refractivity contribution in [2.24, 2.45) is 0 Å². The second-order valence-electron chi connectivity index (χ2n) is 11.5. The maximum absolute atomic E-state index is 12.3. The monoisotopic (exact) mass is 624 g/mol. The Kier molecular flexibility index (Phi) is 11.6. The zero-order valence-electron chi connectivity index (χ0n) is 26.4. The maximum atomic E-state index is 12.3. The van der Waals surface area contributed by atoms with E-state index in [1.165, 1.54) is 11.1 Å². The fraction of sp³-hybridized carbons (Fsp3) is 0.171. The Labute approximate surface area is 276 Å². The van der Waals surface area contributed by atoms with Crippen LogP contribution in [0.2, 0.25) is 0 Å². The summed E-state index contributed by atoms with van der Waals surface area (Å²) >= 11 is 0. The molecule has 6 nitrogen and oxygen atoms in total. The summed E-state index contributed by atoms with van der Waals surface area (Å²) in [6, 6.07) is 39.2. The maximum Gasteiger partial charge on any atom is 0.338 e. The molecule has 0 amide bonds. The molecule has 47 heavy (non-hydrogen) atoms. The summed E-state index contributed by atoms with van der Waals surface area (Å²) in [6.07, 6.45) is 7.97. The van der Waals surface area contributed by atoms with Crippen LogP contribution in [0.5, 0.6) is 5.75 Å². The van der Waals surface area contributed by atoms with Crippen LogP contribution in [0, 0.1) is 0 Å². The minimum absolute atomic E-state index is 0.000921. The molecule has 5 aromatic rings. The van der Waals surface area contributed by atoms with Gasteiger partial charge in [0.05, 0.1) is 18.8 Å². The van der Waals surface area contributed by atoms with Gasteiger partial charge < -0.3 is 20.9 Å². The molecule has 0 aliphatic carbocycles. The molecule has 0 heterocycles. The SMILES string of the molecule is Nc1cc(N)cc(C(=O)OCCCCCCOc2ccc(-c3ccc(Cc4ccc(/C=C/C(=O)c5ccccc5)cc4)cc3)cc2)c1. The van der Waals surface area contributed by atoms with E-state index in [4.69, 9.17) is 20.9 Å². The number of benzene rings is 5. The van der Waals surface area contributed by atoms with E-state index >= 15 is 0 Å². The predicted molar refractivity (Wildman–Crippen MR) is 190 cm³/mol. The molecule has 238 valence electrons. The van der Waals surface area contributed by atoms with Gasteiger partial charge in [0, 0.05) is 16.9 Å². The summed E-state index contributed by atoms with van der Waals surface area (Å²) in [5.74, 6) is 0.446. The van der Waals surface area contributed by atoms with Crippen LogP contribution < -0.4 is 16.2 Å². The summed E-state index contributed by atoms with van der Waals surface area (Å²) in [6.45, 7) is 1.00. The number of nitrogens with two attached hydrogens (primary N) is 2. The molecule has 0 aliphatic heterocycles. The van der Waals surface area contributed by atoms with Crippen molar-refractivity contribution >= 4 is 29.2 Å². The Morgan fingerprint density at radius 3 is 1.81 bits per heavy atom. The van der Waals surface area contributed by atoms with Crippen LogP contribution >= 0.6 is 0 Å². The first-order valence-electron chi connectivity index (χ1n) is 15.9. The molecule has 5 rings (SSSR count). The highest BCUT2D eigenvalue weighted by molar-refractivity contribution is 6.06. The molecule has 0 atom stereocenters. The van der Waals surface area contributed by atoms with Gasteiger partial charge in [-0.1, -0.05) is 97.1 Å². The van der Waals surface area contributed by atoms with Crippen molar-refractivity contribution in [2.45, 2.75) is 32.1 Å². The van der Waals surface area contributed by atoms with Crippen LogP contribution in [0.1, 0.15) is 63.1 Å². The summed E-state index contributed by atoms with van der Waals surface area (Å²) < 4.78 is 11.3. The number of nitrogen functional groups attached to an aromatic ring is 2. The number of hydrogen-bond donors (Lipinski definition) is 2. The summed E-state index contributed by atoms with van der Waals surface area (Å²) in [7, 11) is 0. The number of rotatable bonds is 15. The fourth-order valence-corrected chi connectivity index (χ4v) is 5.20. The lowest BCUT2D eigenvalue weighted by Crippen LogP contribution is -2.08. The molecule has 4 N–H and O–H groups in total. The van der Waals surface area contributed by atoms with Crippen molar-refractivity contribution < 1.29 is 19.1 Å². The van der Waals surface area contributed by atoms with Gasteiger partial charge in [-0.3, -0.25) is 4.79 Å². The normalized spacial score (nSPS) is 11.0. The second-order valence-corrected chi connectivity index (χ2v) is 11.5. The van der Waals surface area contributed by atoms with E-state index < -0.39 is 5.97 Å². The molecule has 0 fully saturated rings. The zero-order valence-corrected chi connectivity index (χ0v) is 26.4. The summed E-state index contributed by atoms with van der Waals surface area (Å²) in [5.41, 5.74) is 19.2. The number of carbonyl (C=O) groups is 2. The van der Waals surface area contributed by atoms with Gasteiger partial charge in [-0.05, 0) is 96.3 Å². The van der Waals surface area contributed by atoms with Crippen molar-refractivity contribution in [3.63, 3.8) is 0 Å². The number of allylic oxidation sites excluding steroid dienone is 1. The first kappa shape index (κ1) is 32.8. The van der Waals surface area contributed by atoms with Gasteiger partial charge in [-0.15, -0.1) is 0 Å². The Hall–Kier alpha value is -5.62. The van der Waals surface area contributed by atoms with Crippen LogP contribution in [0.25, 0.3) is 17.2 Å². The molecule has 0 radical (unpaired) electrons. The van der Waals surface area contributed by atoms with Crippen molar-refractivity contribution in [1.82, 2.24) is 0 Å². The van der Waals surface area contributed by atoms with Crippen molar-refractivity contribution in [1.29, 1.82) is 0 Å². The van der Waals surface area contributed by atoms with Gasteiger partial charge >= 0.3 is 5.97 Å². The van der Waals surface area contributed by atoms with Crippen molar-refractivity contribution in [2.75, 3.05) is 24.7 Å². The Morgan fingerprint density at radius 2 is 1.17 bits per heavy atom. The highest BCUT2D eigenvalue weighted by Gasteiger charge is 2.09. The van der Waals surface area contributed by atoms with Crippen LogP contribution in [0.3, 0.4) is 0 Å². The Bertz CT molecular complexity index is 1760. The van der Waals surface area contributed by atoms with E-state index in [0.717, 1.165) is 54.5 Å². The van der Waals surface area contributed by atoms with Crippen LogP contribution in [0.15, 0.2) is 127 Å². The molecule has 0 bridgehead atoms. The van der Waals surface area contributed by atoms with E-state index in [2.05, 4.69) is 48.5 Å². The van der Waals surface area contributed by atoms with Crippen molar-refractivity contribution in [3.05, 3.63) is 155 Å². The Balaban J connectivity index is 0.989. The van der Waals surface area contributed by atoms with Crippen LogP contribution in [0.4, 0.5) is 11.4 Å². The third-order valence-electron chi connectivity index (χ3n) is 7.77. The van der Waals surface area contributed by atoms with Crippen LogP contribution in [-0.4, -0.2) is 25.0 Å². The smallest absolute Gasteiger partial charge is 0.338 e. The first-order valence-corrected chi connectivity index (χ1v) is 15.9. The van der Waals surface area contributed by atoms with E-state index in [1.807, 2.05) is 60.7 Å². The first-order chi connectivity index (χ1) is 22.9. The standard InChI is InChI=1S/C41H40N2O4/c42-37-27-36(28-38(43)29-37)41(45)47-25-7-2-1-6-24-46-39-21-19-34(20-22-39)33-17-14-32(15-18-33)26-31-12-10-30(11-13-31)16-23-40(44)35-8-4-3-5-9-35/h3-5,8-23,27-29H,1-2,6-7,24-26,42-43H2/b23-16+. The highest BCUT2D eigenvalue weighted by Crippen LogP contribution is 2.24. The predicted octanol–water partition coefficient (Wildman–Crippen LogP) is 8.80. The van der Waals surface area contributed by atoms with Gasteiger partial charge in [0.25, 0.3) is 0 Å². The summed E-state index contributed by atoms with van der Waals surface area (Å²) in [5, 5.41) is 0. The molecule has 5 aromatic carbocycles. The minimum atomic E-state index is -0.405. The number of ketones is 1. The molecular weight excluding hydrogens is 584 g/mol. The molecule has 0 aliphatic rings. The Morgan fingerprint density at radius 1 is 0.596 bits per heavy atom. The van der Waals surface area contributed by atoms with Gasteiger partial charge in [0.2, 0.25) is 0 Å². The van der Waals surface area contributed by atoms with E-state index in [9.17, 15) is 9.59 Å². The number of anilines is 2. The van der Waals surface area contributed by atoms with Crippen molar-refractivity contribution in [3.8, 4) is 16.9 Å². The number of carbonyl (C=O) groups excluding carboxylic acids is 2. The van der Waals surface area contributed by atoms with E-state index in [0.29, 0.717) is 35.7 Å². The average Bonchev–Trinajstić information content (AvgIpc) is 3.09. The lowest BCUT2D eigenvalue weighted by Gasteiger charge is -2.09. The number of esters is 1. The van der Waals surface area contributed by atoms with Gasteiger partial charge in [-0.2, -0.15) is 0 Å². The number of unbranched alkanes of at least 4 members (excludes halogenated alkanes) is 3. The third kappa shape index (κ3) is 10.2. The molecule has 6 heteroatoms. The molecule has 0 saturated carbocycles. The third-order valence-corrected chi connectivity index (χ3v) is 7.77. The van der Waals surface area contributed by atoms with Gasteiger partial charge in [0.1, 0.15) is 5.75 Å². The molecule has 0 saturated heterocycles. The lowest BCUT2D eigenvalue weighted by atomic mass is 9.99. The largest absolute Gasteiger partial charge is 0.494 e. The molecule has 0 unspecified atom stereocenters.